The second-order valence-corrected chi connectivity index (χ2v) is 9.71. The van der Waals surface area contributed by atoms with Gasteiger partial charge in [0.2, 0.25) is 0 Å². The van der Waals surface area contributed by atoms with Gasteiger partial charge in [-0.3, -0.25) is 9.59 Å². The summed E-state index contributed by atoms with van der Waals surface area (Å²) in [5.74, 6) is 3.40. The summed E-state index contributed by atoms with van der Waals surface area (Å²) in [5, 5.41) is 0. The lowest BCUT2D eigenvalue weighted by molar-refractivity contribution is -0.171. The van der Waals surface area contributed by atoms with Crippen molar-refractivity contribution < 1.29 is 23.8 Å². The Morgan fingerprint density at radius 3 is 2.41 bits per heavy atom. The molecule has 0 heterocycles. The Kier molecular flexibility index (Phi) is 4.69. The van der Waals surface area contributed by atoms with Crippen molar-refractivity contribution in [3.8, 4) is 0 Å². The van der Waals surface area contributed by atoms with Crippen molar-refractivity contribution in [2.24, 2.45) is 41.4 Å². The number of rotatable bonds is 5. The third-order valence-corrected chi connectivity index (χ3v) is 8.44. The van der Waals surface area contributed by atoms with E-state index in [-0.39, 0.29) is 36.9 Å². The second-order valence-electron chi connectivity index (χ2n) is 9.71. The molecule has 0 aromatic rings. The van der Waals surface area contributed by atoms with Crippen LogP contribution in [0.3, 0.4) is 0 Å². The van der Waals surface area contributed by atoms with Crippen molar-refractivity contribution in [1.29, 1.82) is 0 Å². The van der Waals surface area contributed by atoms with Gasteiger partial charge in [0, 0.05) is 6.92 Å². The monoisotopic (exact) mass is 376 g/mol. The molecule has 5 aliphatic rings. The number of carbonyl (C=O) groups excluding carboxylic acids is 2. The molecule has 8 atom stereocenters. The van der Waals surface area contributed by atoms with Crippen LogP contribution in [0.15, 0.2) is 0 Å². The zero-order chi connectivity index (χ0) is 18.5. The fourth-order valence-electron chi connectivity index (χ4n) is 7.69. The second kappa shape index (κ2) is 7.06. The zero-order valence-corrected chi connectivity index (χ0v) is 16.3. The molecule has 4 bridgehead atoms. The largest absolute Gasteiger partial charge is 0.462 e. The number of fused-ring (bicyclic) bond motifs is 9. The van der Waals surface area contributed by atoms with Gasteiger partial charge in [0.1, 0.15) is 6.10 Å². The number of ether oxygens (including phenoxy) is 3. The number of hydrogen-bond acceptors (Lipinski definition) is 5. The van der Waals surface area contributed by atoms with E-state index in [0.29, 0.717) is 29.6 Å². The van der Waals surface area contributed by atoms with E-state index >= 15 is 0 Å². The van der Waals surface area contributed by atoms with Crippen LogP contribution >= 0.6 is 0 Å². The molecule has 8 unspecified atom stereocenters. The van der Waals surface area contributed by atoms with Gasteiger partial charge in [0.15, 0.2) is 6.79 Å². The summed E-state index contributed by atoms with van der Waals surface area (Å²) < 4.78 is 17.0. The minimum atomic E-state index is -0.164. The molecule has 5 saturated carbocycles. The van der Waals surface area contributed by atoms with Gasteiger partial charge in [-0.15, -0.1) is 0 Å². The predicted molar refractivity (Wildman–Crippen MR) is 97.4 cm³/mol. The lowest BCUT2D eigenvalue weighted by Gasteiger charge is -2.40. The van der Waals surface area contributed by atoms with Crippen molar-refractivity contribution in [2.45, 2.75) is 76.9 Å². The van der Waals surface area contributed by atoms with E-state index in [9.17, 15) is 9.59 Å². The zero-order valence-electron chi connectivity index (χ0n) is 16.3. The van der Waals surface area contributed by atoms with Gasteiger partial charge in [-0.2, -0.15) is 0 Å². The first-order chi connectivity index (χ1) is 13.1. The van der Waals surface area contributed by atoms with Gasteiger partial charge in [0.25, 0.3) is 0 Å². The molecule has 0 aromatic heterocycles. The fourth-order valence-corrected chi connectivity index (χ4v) is 7.69. The smallest absolute Gasteiger partial charge is 0.311 e. The normalized spacial score (nSPS) is 45.1. The van der Waals surface area contributed by atoms with Crippen LogP contribution in [0.5, 0.6) is 0 Å². The number of hydrogen-bond donors (Lipinski definition) is 0. The maximum atomic E-state index is 12.7. The molecular weight excluding hydrogens is 344 g/mol. The Hall–Kier alpha value is -1.10. The highest BCUT2D eigenvalue weighted by Crippen LogP contribution is 2.69. The molecule has 5 nitrogen and oxygen atoms in total. The molecule has 0 spiro atoms. The summed E-state index contributed by atoms with van der Waals surface area (Å²) in [6.07, 6.45) is 10.7. The Balaban J connectivity index is 1.17. The average molecular weight is 376 g/mol. The van der Waals surface area contributed by atoms with Crippen LogP contribution < -0.4 is 0 Å². The molecule has 0 amide bonds. The first-order valence-corrected chi connectivity index (χ1v) is 11.1. The van der Waals surface area contributed by atoms with Crippen LogP contribution in [0.1, 0.15) is 64.7 Å². The Morgan fingerprint density at radius 2 is 1.63 bits per heavy atom. The molecule has 5 fully saturated rings. The quantitative estimate of drug-likeness (QED) is 0.416. The maximum absolute atomic E-state index is 12.7. The van der Waals surface area contributed by atoms with Crippen molar-refractivity contribution in [1.82, 2.24) is 0 Å². The first kappa shape index (κ1) is 18.0. The van der Waals surface area contributed by atoms with Crippen molar-refractivity contribution in [3.63, 3.8) is 0 Å². The van der Waals surface area contributed by atoms with Crippen molar-refractivity contribution in [3.05, 3.63) is 0 Å². The molecule has 0 aromatic carbocycles. The summed E-state index contributed by atoms with van der Waals surface area (Å²) in [6.45, 7) is 1.63. The van der Waals surface area contributed by atoms with Gasteiger partial charge < -0.3 is 14.2 Å². The third-order valence-electron chi connectivity index (χ3n) is 8.44. The van der Waals surface area contributed by atoms with Crippen LogP contribution in [0.25, 0.3) is 0 Å². The van der Waals surface area contributed by atoms with E-state index in [0.717, 1.165) is 31.6 Å². The summed E-state index contributed by atoms with van der Waals surface area (Å²) in [6, 6.07) is 0. The topological polar surface area (TPSA) is 61.8 Å². The van der Waals surface area contributed by atoms with E-state index in [4.69, 9.17) is 14.2 Å². The van der Waals surface area contributed by atoms with Crippen LogP contribution in [0.2, 0.25) is 0 Å². The molecule has 5 aliphatic carbocycles. The molecule has 5 heteroatoms. The highest BCUT2D eigenvalue weighted by Gasteiger charge is 2.66. The minimum Gasteiger partial charge on any atom is -0.462 e. The molecule has 5 rings (SSSR count). The first-order valence-electron chi connectivity index (χ1n) is 11.1. The van der Waals surface area contributed by atoms with E-state index in [1.807, 2.05) is 0 Å². The standard InChI is InChI=1S/C22H32O5/c1-12(23)27-19-10-14-9-18(19)21-16-7-13(20(14)21)8-17(16)22(24)26-11-25-15-5-3-2-4-6-15/h13-21H,2-11H2,1H3. The van der Waals surface area contributed by atoms with E-state index < -0.39 is 0 Å². The minimum absolute atomic E-state index is 0.0310. The van der Waals surface area contributed by atoms with Crippen molar-refractivity contribution >= 4 is 11.9 Å². The molecular formula is C22H32O5. The van der Waals surface area contributed by atoms with E-state index in [1.165, 1.54) is 39.0 Å². The van der Waals surface area contributed by atoms with E-state index in [1.54, 1.807) is 0 Å². The molecule has 27 heavy (non-hydrogen) atoms. The summed E-state index contributed by atoms with van der Waals surface area (Å²) in [7, 11) is 0. The summed E-state index contributed by atoms with van der Waals surface area (Å²) in [4.78, 5) is 24.2. The molecule has 0 N–H and O–H groups in total. The SMILES string of the molecule is CC(=O)OC1CC2CC1C1C3CC(CC3C(=O)OCOC3CCCCC3)C21. The van der Waals surface area contributed by atoms with E-state index in [2.05, 4.69) is 0 Å². The van der Waals surface area contributed by atoms with Gasteiger partial charge in [-0.1, -0.05) is 19.3 Å². The Bertz CT molecular complexity index is 598. The Morgan fingerprint density at radius 1 is 0.889 bits per heavy atom. The fraction of sp³-hybridized carbons (Fsp3) is 0.909. The molecule has 150 valence electrons. The van der Waals surface area contributed by atoms with Gasteiger partial charge in [0.05, 0.1) is 12.0 Å². The molecule has 0 radical (unpaired) electrons. The lowest BCUT2D eigenvalue weighted by atomic mass is 9.67. The van der Waals surface area contributed by atoms with Gasteiger partial charge in [-0.05, 0) is 74.0 Å². The maximum Gasteiger partial charge on any atom is 0.311 e. The number of esters is 2. The van der Waals surface area contributed by atoms with Gasteiger partial charge in [-0.25, -0.2) is 0 Å². The lowest BCUT2D eigenvalue weighted by Crippen LogP contribution is -2.41. The highest BCUT2D eigenvalue weighted by atomic mass is 16.7. The van der Waals surface area contributed by atoms with Crippen LogP contribution in [0.4, 0.5) is 0 Å². The molecule has 0 saturated heterocycles. The van der Waals surface area contributed by atoms with Crippen LogP contribution in [-0.4, -0.2) is 30.9 Å². The third kappa shape index (κ3) is 3.10. The van der Waals surface area contributed by atoms with Crippen LogP contribution in [-0.2, 0) is 23.8 Å². The predicted octanol–water partition coefficient (Wildman–Crippen LogP) is 3.70. The summed E-state index contributed by atoms with van der Waals surface area (Å²) in [5.41, 5.74) is 0. The highest BCUT2D eigenvalue weighted by molar-refractivity contribution is 5.73. The molecule has 0 aliphatic heterocycles. The number of carbonyl (C=O) groups is 2. The Labute approximate surface area is 161 Å². The summed E-state index contributed by atoms with van der Waals surface area (Å²) >= 11 is 0. The van der Waals surface area contributed by atoms with Crippen LogP contribution in [0, 0.1) is 41.4 Å². The van der Waals surface area contributed by atoms with Crippen molar-refractivity contribution in [2.75, 3.05) is 6.79 Å². The average Bonchev–Trinajstić information content (AvgIpc) is 3.40. The van der Waals surface area contributed by atoms with Gasteiger partial charge >= 0.3 is 11.9 Å².